The van der Waals surface area contributed by atoms with Crippen molar-refractivity contribution in [1.29, 1.82) is 0 Å². The van der Waals surface area contributed by atoms with E-state index in [4.69, 9.17) is 5.11 Å². The molecule has 90 valence electrons. The lowest BCUT2D eigenvalue weighted by atomic mass is 9.82. The summed E-state index contributed by atoms with van der Waals surface area (Å²) in [6.07, 6.45) is 3.67. The Kier molecular flexibility index (Phi) is 4.46. The third-order valence-electron chi connectivity index (χ3n) is 2.91. The van der Waals surface area contributed by atoms with Crippen LogP contribution < -0.4 is 5.32 Å². The van der Waals surface area contributed by atoms with E-state index in [-0.39, 0.29) is 18.2 Å². The molecule has 16 heavy (non-hydrogen) atoms. The van der Waals surface area contributed by atoms with Crippen molar-refractivity contribution < 1.29 is 19.5 Å². The minimum atomic E-state index is -1.13. The molecule has 0 bridgehead atoms. The van der Waals surface area contributed by atoms with Crippen molar-refractivity contribution in [2.24, 2.45) is 11.8 Å². The van der Waals surface area contributed by atoms with Crippen molar-refractivity contribution >= 4 is 17.8 Å². The van der Waals surface area contributed by atoms with Gasteiger partial charge in [-0.15, -0.1) is 0 Å². The van der Waals surface area contributed by atoms with Crippen LogP contribution in [-0.2, 0) is 14.4 Å². The lowest BCUT2D eigenvalue weighted by Gasteiger charge is -2.26. The zero-order chi connectivity index (χ0) is 12.1. The van der Waals surface area contributed by atoms with E-state index in [0.29, 0.717) is 6.42 Å². The molecular weight excluding hydrogens is 210 g/mol. The van der Waals surface area contributed by atoms with Crippen LogP contribution >= 0.6 is 0 Å². The number of imide groups is 1. The first-order chi connectivity index (χ1) is 7.56. The van der Waals surface area contributed by atoms with E-state index in [2.05, 4.69) is 5.32 Å². The molecule has 0 saturated carbocycles. The molecule has 2 N–H and O–H groups in total. The first kappa shape index (κ1) is 12.7. The molecule has 0 radical (unpaired) electrons. The second kappa shape index (κ2) is 5.63. The van der Waals surface area contributed by atoms with Gasteiger partial charge in [0.15, 0.2) is 0 Å². The Labute approximate surface area is 94.2 Å². The number of piperidine rings is 1. The summed E-state index contributed by atoms with van der Waals surface area (Å²) in [6.45, 7) is 2.05. The number of carboxylic acids is 1. The minimum Gasteiger partial charge on any atom is -0.481 e. The second-order valence-corrected chi connectivity index (χ2v) is 4.19. The van der Waals surface area contributed by atoms with Crippen LogP contribution in [0, 0.1) is 11.8 Å². The number of hydrogen-bond acceptors (Lipinski definition) is 3. The van der Waals surface area contributed by atoms with Crippen molar-refractivity contribution in [3.63, 3.8) is 0 Å². The molecule has 1 saturated heterocycles. The summed E-state index contributed by atoms with van der Waals surface area (Å²) in [7, 11) is 0. The molecule has 0 aromatic rings. The Morgan fingerprint density at radius 3 is 2.69 bits per heavy atom. The van der Waals surface area contributed by atoms with Gasteiger partial charge in [0.05, 0.1) is 0 Å². The average molecular weight is 227 g/mol. The third kappa shape index (κ3) is 3.05. The lowest BCUT2D eigenvalue weighted by Crippen LogP contribution is -2.48. The van der Waals surface area contributed by atoms with Crippen molar-refractivity contribution in [3.05, 3.63) is 0 Å². The molecule has 1 aliphatic rings. The summed E-state index contributed by atoms with van der Waals surface area (Å²) in [5.74, 6) is -3.55. The predicted octanol–water partition coefficient (Wildman–Crippen LogP) is 0.930. The lowest BCUT2D eigenvalue weighted by molar-refractivity contribution is -0.153. The normalized spacial score (nSPS) is 25.3. The number of aliphatic carboxylic acids is 1. The Balaban J connectivity index is 2.64. The van der Waals surface area contributed by atoms with Gasteiger partial charge < -0.3 is 5.11 Å². The van der Waals surface area contributed by atoms with E-state index < -0.39 is 17.8 Å². The summed E-state index contributed by atoms with van der Waals surface area (Å²) in [6, 6.07) is 0. The van der Waals surface area contributed by atoms with Gasteiger partial charge in [0.25, 0.3) is 0 Å². The first-order valence-corrected chi connectivity index (χ1v) is 5.62. The summed E-state index contributed by atoms with van der Waals surface area (Å²) >= 11 is 0. The van der Waals surface area contributed by atoms with E-state index in [1.165, 1.54) is 0 Å². The van der Waals surface area contributed by atoms with Gasteiger partial charge in [0.2, 0.25) is 11.8 Å². The SMILES string of the molecule is CCCCCC1CC(=O)NC(=O)C1C(=O)O. The minimum absolute atomic E-state index is 0.145. The van der Waals surface area contributed by atoms with Gasteiger partial charge in [-0.1, -0.05) is 26.2 Å². The molecule has 0 aliphatic carbocycles. The molecule has 1 rings (SSSR count). The molecular formula is C11H17NO4. The highest BCUT2D eigenvalue weighted by Crippen LogP contribution is 2.26. The van der Waals surface area contributed by atoms with Crippen LogP contribution in [0.3, 0.4) is 0 Å². The molecule has 0 aromatic carbocycles. The highest BCUT2D eigenvalue weighted by Gasteiger charge is 2.40. The molecule has 5 heteroatoms. The first-order valence-electron chi connectivity index (χ1n) is 5.62. The predicted molar refractivity (Wildman–Crippen MR) is 56.5 cm³/mol. The van der Waals surface area contributed by atoms with Crippen LogP contribution in [0.4, 0.5) is 0 Å². The van der Waals surface area contributed by atoms with Gasteiger partial charge in [-0.3, -0.25) is 19.7 Å². The summed E-state index contributed by atoms with van der Waals surface area (Å²) < 4.78 is 0. The van der Waals surface area contributed by atoms with Crippen molar-refractivity contribution in [2.75, 3.05) is 0 Å². The highest BCUT2D eigenvalue weighted by molar-refractivity contribution is 6.07. The number of hydrogen-bond donors (Lipinski definition) is 2. The standard InChI is InChI=1S/C11H17NO4/c1-2-3-4-5-7-6-8(13)12-10(14)9(7)11(15)16/h7,9H,2-6H2,1H3,(H,15,16)(H,12,13,14). The Morgan fingerprint density at radius 2 is 2.12 bits per heavy atom. The number of nitrogens with one attached hydrogen (secondary N) is 1. The van der Waals surface area contributed by atoms with E-state index in [0.717, 1.165) is 19.3 Å². The van der Waals surface area contributed by atoms with Crippen molar-refractivity contribution in [2.45, 2.75) is 39.0 Å². The van der Waals surface area contributed by atoms with Crippen molar-refractivity contribution in [1.82, 2.24) is 5.32 Å². The molecule has 2 amide bonds. The Bertz CT molecular complexity index is 300. The number of unbranched alkanes of at least 4 members (excludes halogenated alkanes) is 2. The van der Waals surface area contributed by atoms with Crippen molar-refractivity contribution in [3.8, 4) is 0 Å². The number of carbonyl (C=O) groups is 3. The number of amides is 2. The maximum absolute atomic E-state index is 11.4. The van der Waals surface area contributed by atoms with Crippen LogP contribution in [-0.4, -0.2) is 22.9 Å². The molecule has 1 heterocycles. The monoisotopic (exact) mass is 227 g/mol. The smallest absolute Gasteiger partial charge is 0.316 e. The topological polar surface area (TPSA) is 83.5 Å². The number of carboxylic acid groups (broad SMARTS) is 1. The van der Waals surface area contributed by atoms with E-state index in [9.17, 15) is 14.4 Å². The quantitative estimate of drug-likeness (QED) is 0.416. The van der Waals surface area contributed by atoms with Gasteiger partial charge in [0, 0.05) is 6.42 Å². The highest BCUT2D eigenvalue weighted by atomic mass is 16.4. The maximum Gasteiger partial charge on any atom is 0.316 e. The summed E-state index contributed by atoms with van der Waals surface area (Å²) in [5.41, 5.74) is 0. The van der Waals surface area contributed by atoms with E-state index >= 15 is 0 Å². The second-order valence-electron chi connectivity index (χ2n) is 4.19. The molecule has 1 fully saturated rings. The summed E-state index contributed by atoms with van der Waals surface area (Å²) in [4.78, 5) is 33.5. The van der Waals surface area contributed by atoms with Gasteiger partial charge >= 0.3 is 5.97 Å². The molecule has 0 spiro atoms. The van der Waals surface area contributed by atoms with Crippen LogP contribution in [0.15, 0.2) is 0 Å². The Morgan fingerprint density at radius 1 is 1.44 bits per heavy atom. The van der Waals surface area contributed by atoms with Gasteiger partial charge in [-0.25, -0.2) is 0 Å². The molecule has 2 atom stereocenters. The van der Waals surface area contributed by atoms with E-state index in [1.807, 2.05) is 6.92 Å². The van der Waals surface area contributed by atoms with Crippen LogP contribution in [0.25, 0.3) is 0 Å². The van der Waals surface area contributed by atoms with E-state index in [1.54, 1.807) is 0 Å². The Hall–Kier alpha value is -1.39. The fraction of sp³-hybridized carbons (Fsp3) is 0.727. The van der Waals surface area contributed by atoms with Crippen LogP contribution in [0.5, 0.6) is 0 Å². The average Bonchev–Trinajstić information content (AvgIpc) is 2.16. The largest absolute Gasteiger partial charge is 0.481 e. The zero-order valence-corrected chi connectivity index (χ0v) is 9.36. The fourth-order valence-electron chi connectivity index (χ4n) is 2.08. The third-order valence-corrected chi connectivity index (χ3v) is 2.91. The zero-order valence-electron chi connectivity index (χ0n) is 9.36. The van der Waals surface area contributed by atoms with Gasteiger partial charge in [-0.05, 0) is 12.3 Å². The van der Waals surface area contributed by atoms with Crippen LogP contribution in [0.2, 0.25) is 0 Å². The number of rotatable bonds is 5. The summed E-state index contributed by atoms with van der Waals surface area (Å²) in [5, 5.41) is 11.0. The molecule has 1 aliphatic heterocycles. The maximum atomic E-state index is 11.4. The molecule has 2 unspecified atom stereocenters. The van der Waals surface area contributed by atoms with Gasteiger partial charge in [0.1, 0.15) is 5.92 Å². The van der Waals surface area contributed by atoms with Crippen LogP contribution in [0.1, 0.15) is 39.0 Å². The molecule has 5 nitrogen and oxygen atoms in total. The number of carbonyl (C=O) groups excluding carboxylic acids is 2. The van der Waals surface area contributed by atoms with Gasteiger partial charge in [-0.2, -0.15) is 0 Å². The molecule has 0 aromatic heterocycles. The fourth-order valence-corrected chi connectivity index (χ4v) is 2.08.